The number of rotatable bonds is 5. The highest BCUT2D eigenvalue weighted by atomic mass is 32.2. The maximum Gasteiger partial charge on any atom is 0.330 e. The standard InChI is InChI=1S/C10H18N2O6S/c1-18-10(15)7(6-13)11-9(14)8-4-3-5-12(8)19(2,16)17/h7-8,13H,3-6H2,1-2H3,(H,11,14). The van der Waals surface area contributed by atoms with Gasteiger partial charge in [0, 0.05) is 6.54 Å². The van der Waals surface area contributed by atoms with Crippen molar-refractivity contribution in [1.29, 1.82) is 0 Å². The lowest BCUT2D eigenvalue weighted by molar-refractivity contribution is -0.146. The third-order valence-electron chi connectivity index (χ3n) is 2.92. The average molecular weight is 294 g/mol. The molecule has 0 aromatic heterocycles. The van der Waals surface area contributed by atoms with Crippen molar-refractivity contribution in [3.05, 3.63) is 0 Å². The molecule has 0 aliphatic carbocycles. The van der Waals surface area contributed by atoms with Crippen molar-refractivity contribution in [2.75, 3.05) is 26.5 Å². The minimum absolute atomic E-state index is 0.277. The van der Waals surface area contributed by atoms with Gasteiger partial charge in [-0.15, -0.1) is 0 Å². The van der Waals surface area contributed by atoms with Crippen LogP contribution in [0, 0.1) is 0 Å². The first kappa shape index (κ1) is 15.9. The number of nitrogens with zero attached hydrogens (tertiary/aromatic N) is 1. The first-order valence-electron chi connectivity index (χ1n) is 5.77. The lowest BCUT2D eigenvalue weighted by atomic mass is 10.2. The van der Waals surface area contributed by atoms with Crippen LogP contribution in [-0.4, -0.2) is 68.3 Å². The fraction of sp³-hybridized carbons (Fsp3) is 0.800. The van der Waals surface area contributed by atoms with Gasteiger partial charge < -0.3 is 15.2 Å². The van der Waals surface area contributed by atoms with Gasteiger partial charge in [-0.2, -0.15) is 4.31 Å². The van der Waals surface area contributed by atoms with Crippen molar-refractivity contribution in [3.8, 4) is 0 Å². The van der Waals surface area contributed by atoms with E-state index in [1.165, 1.54) is 0 Å². The van der Waals surface area contributed by atoms with Gasteiger partial charge in [-0.1, -0.05) is 0 Å². The molecular formula is C10H18N2O6S. The Morgan fingerprint density at radius 1 is 1.53 bits per heavy atom. The van der Waals surface area contributed by atoms with Crippen LogP contribution in [0.2, 0.25) is 0 Å². The van der Waals surface area contributed by atoms with E-state index < -0.39 is 40.6 Å². The molecule has 19 heavy (non-hydrogen) atoms. The highest BCUT2D eigenvalue weighted by molar-refractivity contribution is 7.88. The van der Waals surface area contributed by atoms with Gasteiger partial charge in [0.05, 0.1) is 20.0 Å². The quantitative estimate of drug-likeness (QED) is 0.570. The zero-order chi connectivity index (χ0) is 14.6. The molecule has 1 heterocycles. The van der Waals surface area contributed by atoms with Gasteiger partial charge in [0.15, 0.2) is 6.04 Å². The van der Waals surface area contributed by atoms with E-state index in [1.807, 2.05) is 0 Å². The van der Waals surface area contributed by atoms with Gasteiger partial charge in [-0.05, 0) is 12.8 Å². The molecule has 0 aromatic carbocycles. The van der Waals surface area contributed by atoms with Gasteiger partial charge >= 0.3 is 5.97 Å². The van der Waals surface area contributed by atoms with Crippen molar-refractivity contribution in [2.24, 2.45) is 0 Å². The van der Waals surface area contributed by atoms with Crippen LogP contribution in [0.3, 0.4) is 0 Å². The second-order valence-electron chi connectivity index (χ2n) is 4.30. The molecule has 1 saturated heterocycles. The molecule has 9 heteroatoms. The summed E-state index contributed by atoms with van der Waals surface area (Å²) in [6.07, 6.45) is 1.99. The largest absolute Gasteiger partial charge is 0.467 e. The van der Waals surface area contributed by atoms with Crippen molar-refractivity contribution < 1.29 is 27.9 Å². The molecule has 1 aliphatic rings. The molecule has 2 unspecified atom stereocenters. The van der Waals surface area contributed by atoms with Crippen molar-refractivity contribution in [2.45, 2.75) is 24.9 Å². The van der Waals surface area contributed by atoms with Crippen molar-refractivity contribution >= 4 is 21.9 Å². The molecule has 1 rings (SSSR count). The summed E-state index contributed by atoms with van der Waals surface area (Å²) in [4.78, 5) is 23.2. The van der Waals surface area contributed by atoms with Crippen molar-refractivity contribution in [3.63, 3.8) is 0 Å². The Kier molecular flexibility index (Phi) is 5.27. The fourth-order valence-corrected chi connectivity index (χ4v) is 3.11. The topological polar surface area (TPSA) is 113 Å². The number of carbonyl (C=O) groups is 2. The molecule has 1 aliphatic heterocycles. The number of methoxy groups -OCH3 is 1. The summed E-state index contributed by atoms with van der Waals surface area (Å²) in [6, 6.07) is -2.02. The van der Waals surface area contributed by atoms with E-state index in [-0.39, 0.29) is 6.54 Å². The predicted octanol–water partition coefficient (Wildman–Crippen LogP) is -1.94. The number of hydrogen-bond donors (Lipinski definition) is 2. The number of aliphatic hydroxyl groups excluding tert-OH is 1. The summed E-state index contributed by atoms with van der Waals surface area (Å²) in [5.41, 5.74) is 0. The maximum atomic E-state index is 12.0. The highest BCUT2D eigenvalue weighted by Crippen LogP contribution is 2.20. The van der Waals surface area contributed by atoms with Crippen LogP contribution < -0.4 is 5.32 Å². The molecule has 1 amide bonds. The van der Waals surface area contributed by atoms with E-state index in [1.54, 1.807) is 0 Å². The number of hydrogen-bond acceptors (Lipinski definition) is 6. The Labute approximate surface area is 111 Å². The number of nitrogens with one attached hydrogen (secondary N) is 1. The van der Waals surface area contributed by atoms with E-state index in [0.29, 0.717) is 12.8 Å². The molecule has 0 aromatic rings. The van der Waals surface area contributed by atoms with Crippen LogP contribution in [0.4, 0.5) is 0 Å². The highest BCUT2D eigenvalue weighted by Gasteiger charge is 2.37. The summed E-state index contributed by atoms with van der Waals surface area (Å²) < 4.78 is 28.5. The van der Waals surface area contributed by atoms with E-state index in [0.717, 1.165) is 17.7 Å². The lowest BCUT2D eigenvalue weighted by Crippen LogP contribution is -2.52. The number of carbonyl (C=O) groups excluding carboxylic acids is 2. The van der Waals surface area contributed by atoms with Gasteiger partial charge in [0.2, 0.25) is 15.9 Å². The molecule has 2 N–H and O–H groups in total. The minimum Gasteiger partial charge on any atom is -0.467 e. The second kappa shape index (κ2) is 6.31. The average Bonchev–Trinajstić information content (AvgIpc) is 2.83. The summed E-state index contributed by atoms with van der Waals surface area (Å²) in [5.74, 6) is -1.38. The normalized spacial score (nSPS) is 21.9. The Balaban J connectivity index is 2.75. The summed E-state index contributed by atoms with van der Waals surface area (Å²) in [5, 5.41) is 11.3. The van der Waals surface area contributed by atoms with Crippen LogP contribution in [0.5, 0.6) is 0 Å². The predicted molar refractivity (Wildman–Crippen MR) is 65.6 cm³/mol. The first-order chi connectivity index (χ1) is 8.81. The lowest BCUT2D eigenvalue weighted by Gasteiger charge is -2.23. The third kappa shape index (κ3) is 3.88. The smallest absolute Gasteiger partial charge is 0.330 e. The molecule has 2 atom stereocenters. The zero-order valence-corrected chi connectivity index (χ0v) is 11.6. The van der Waals surface area contributed by atoms with Gasteiger partial charge in [-0.3, -0.25) is 4.79 Å². The molecule has 0 radical (unpaired) electrons. The molecule has 0 bridgehead atoms. The van der Waals surface area contributed by atoms with Crippen molar-refractivity contribution in [1.82, 2.24) is 9.62 Å². The van der Waals surface area contributed by atoms with Crippen LogP contribution in [0.15, 0.2) is 0 Å². The van der Waals surface area contributed by atoms with Crippen LogP contribution >= 0.6 is 0 Å². The molecule has 1 fully saturated rings. The fourth-order valence-electron chi connectivity index (χ4n) is 1.99. The van der Waals surface area contributed by atoms with Crippen LogP contribution in [0.25, 0.3) is 0 Å². The molecule has 8 nitrogen and oxygen atoms in total. The Morgan fingerprint density at radius 3 is 2.63 bits per heavy atom. The summed E-state index contributed by atoms with van der Waals surface area (Å²) >= 11 is 0. The number of aliphatic hydroxyl groups is 1. The monoisotopic (exact) mass is 294 g/mol. The molecule has 0 spiro atoms. The van der Waals surface area contributed by atoms with E-state index >= 15 is 0 Å². The van der Waals surface area contributed by atoms with Crippen LogP contribution in [0.1, 0.15) is 12.8 Å². The molecule has 0 saturated carbocycles. The number of amides is 1. The Bertz CT molecular complexity index is 449. The Morgan fingerprint density at radius 2 is 2.16 bits per heavy atom. The number of sulfonamides is 1. The van der Waals surface area contributed by atoms with Gasteiger partial charge in [-0.25, -0.2) is 13.2 Å². The Hall–Kier alpha value is -1.19. The summed E-state index contributed by atoms with van der Waals surface area (Å²) in [7, 11) is -2.34. The second-order valence-corrected chi connectivity index (χ2v) is 6.23. The zero-order valence-electron chi connectivity index (χ0n) is 10.8. The SMILES string of the molecule is COC(=O)C(CO)NC(=O)C1CCCN1S(C)(=O)=O. The van der Waals surface area contributed by atoms with Gasteiger partial charge in [0.1, 0.15) is 6.04 Å². The van der Waals surface area contributed by atoms with E-state index in [4.69, 9.17) is 5.11 Å². The third-order valence-corrected chi connectivity index (χ3v) is 4.21. The number of esters is 1. The summed E-state index contributed by atoms with van der Waals surface area (Å²) in [6.45, 7) is -0.330. The van der Waals surface area contributed by atoms with E-state index in [9.17, 15) is 18.0 Å². The van der Waals surface area contributed by atoms with Gasteiger partial charge in [0.25, 0.3) is 0 Å². The first-order valence-corrected chi connectivity index (χ1v) is 7.62. The molecule has 110 valence electrons. The minimum atomic E-state index is -3.47. The molecular weight excluding hydrogens is 276 g/mol. The van der Waals surface area contributed by atoms with Crippen LogP contribution in [-0.2, 0) is 24.3 Å². The maximum absolute atomic E-state index is 12.0. The number of ether oxygens (including phenoxy) is 1. The van der Waals surface area contributed by atoms with E-state index in [2.05, 4.69) is 10.1 Å².